The smallest absolute Gasteiger partial charge is 0.255 e. The zero-order valence-corrected chi connectivity index (χ0v) is 17.4. The van der Waals surface area contributed by atoms with Crippen molar-refractivity contribution >= 4 is 34.4 Å². The molecule has 2 heterocycles. The van der Waals surface area contributed by atoms with Gasteiger partial charge in [-0.2, -0.15) is 0 Å². The van der Waals surface area contributed by atoms with Gasteiger partial charge in [0.1, 0.15) is 5.76 Å². The second kappa shape index (κ2) is 8.14. The number of amides is 2. The van der Waals surface area contributed by atoms with Crippen LogP contribution in [-0.4, -0.2) is 42.3 Å². The Morgan fingerprint density at radius 3 is 2.77 bits per heavy atom. The standard InChI is InChI=1S/C24H25N3O3/c1-15-11-16(13-17-7-6-10-30-17)23-19(12-15)22(18-8-4-5-9-20(18)26-23)24(29)27(3)14-21(28)25-2/h4-10,13,15H,11-12,14H2,1-3H3,(H,25,28)/b16-13+/t15-/m1/s1. The lowest BCUT2D eigenvalue weighted by Crippen LogP contribution is -2.37. The molecule has 1 aromatic carbocycles. The summed E-state index contributed by atoms with van der Waals surface area (Å²) in [6.07, 6.45) is 5.28. The van der Waals surface area contributed by atoms with Gasteiger partial charge in [-0.3, -0.25) is 9.59 Å². The third-order valence-electron chi connectivity index (χ3n) is 5.50. The van der Waals surface area contributed by atoms with E-state index in [0.29, 0.717) is 11.5 Å². The Labute approximate surface area is 175 Å². The van der Waals surface area contributed by atoms with Crippen molar-refractivity contribution in [3.8, 4) is 0 Å². The number of allylic oxidation sites excluding steroid dienone is 1. The summed E-state index contributed by atoms with van der Waals surface area (Å²) in [6.45, 7) is 2.18. The second-order valence-corrected chi connectivity index (χ2v) is 7.86. The number of nitrogens with one attached hydrogen (secondary N) is 1. The van der Waals surface area contributed by atoms with Crippen LogP contribution >= 0.6 is 0 Å². The third-order valence-corrected chi connectivity index (χ3v) is 5.50. The number of para-hydroxylation sites is 1. The van der Waals surface area contributed by atoms with Crippen LogP contribution in [0.2, 0.25) is 0 Å². The molecule has 3 aromatic rings. The molecule has 6 heteroatoms. The second-order valence-electron chi connectivity index (χ2n) is 7.86. The van der Waals surface area contributed by atoms with Gasteiger partial charge >= 0.3 is 0 Å². The first-order valence-corrected chi connectivity index (χ1v) is 10.1. The molecule has 1 aliphatic carbocycles. The molecular formula is C24H25N3O3. The van der Waals surface area contributed by atoms with E-state index >= 15 is 0 Å². The molecule has 4 rings (SSSR count). The molecule has 0 bridgehead atoms. The number of carbonyl (C=O) groups excluding carboxylic acids is 2. The van der Waals surface area contributed by atoms with Gasteiger partial charge in [0, 0.05) is 19.5 Å². The van der Waals surface area contributed by atoms with E-state index < -0.39 is 0 Å². The summed E-state index contributed by atoms with van der Waals surface area (Å²) >= 11 is 0. The summed E-state index contributed by atoms with van der Waals surface area (Å²) < 4.78 is 5.52. The number of aromatic nitrogens is 1. The average Bonchev–Trinajstić information content (AvgIpc) is 3.24. The molecule has 6 nitrogen and oxygen atoms in total. The maximum absolute atomic E-state index is 13.5. The lowest BCUT2D eigenvalue weighted by molar-refractivity contribution is -0.121. The fourth-order valence-corrected chi connectivity index (χ4v) is 4.08. The number of likely N-dealkylation sites (N-methyl/N-ethyl adjacent to an activating group) is 2. The highest BCUT2D eigenvalue weighted by molar-refractivity contribution is 6.09. The van der Waals surface area contributed by atoms with E-state index in [1.54, 1.807) is 20.4 Å². The Hall–Kier alpha value is -3.41. The van der Waals surface area contributed by atoms with Gasteiger partial charge in [-0.1, -0.05) is 25.1 Å². The number of rotatable bonds is 4. The topological polar surface area (TPSA) is 75.4 Å². The quantitative estimate of drug-likeness (QED) is 0.720. The average molecular weight is 403 g/mol. The van der Waals surface area contributed by atoms with E-state index in [4.69, 9.17) is 9.40 Å². The SMILES string of the molecule is CNC(=O)CN(C)C(=O)c1c2c(nc3ccccc13)/C(=C/c1ccco1)C[C@@H](C)C2. The summed E-state index contributed by atoms with van der Waals surface area (Å²) in [6, 6.07) is 11.5. The Morgan fingerprint density at radius 1 is 1.23 bits per heavy atom. The Balaban J connectivity index is 1.91. The first kappa shape index (κ1) is 19.9. The molecular weight excluding hydrogens is 378 g/mol. The number of furan rings is 1. The molecule has 0 saturated heterocycles. The largest absolute Gasteiger partial charge is 0.465 e. The molecule has 154 valence electrons. The molecule has 0 spiro atoms. The van der Waals surface area contributed by atoms with Crippen LogP contribution in [-0.2, 0) is 11.2 Å². The minimum absolute atomic E-state index is 0.00536. The highest BCUT2D eigenvalue weighted by Crippen LogP contribution is 2.38. The number of nitrogens with zero attached hydrogens (tertiary/aromatic N) is 2. The highest BCUT2D eigenvalue weighted by atomic mass is 16.3. The number of benzene rings is 1. The summed E-state index contributed by atoms with van der Waals surface area (Å²) in [5, 5.41) is 3.39. The monoisotopic (exact) mass is 403 g/mol. The van der Waals surface area contributed by atoms with Crippen LogP contribution in [0, 0.1) is 5.92 Å². The number of fused-ring (bicyclic) bond motifs is 2. The van der Waals surface area contributed by atoms with Crippen molar-refractivity contribution in [3.63, 3.8) is 0 Å². The summed E-state index contributed by atoms with van der Waals surface area (Å²) in [5.41, 5.74) is 4.26. The predicted octanol–water partition coefficient (Wildman–Crippen LogP) is 3.77. The number of pyridine rings is 1. The van der Waals surface area contributed by atoms with Crippen LogP contribution in [0.5, 0.6) is 0 Å². The molecule has 1 atom stereocenters. The lowest BCUT2D eigenvalue weighted by atomic mass is 9.80. The highest BCUT2D eigenvalue weighted by Gasteiger charge is 2.29. The first-order chi connectivity index (χ1) is 14.5. The van der Waals surface area contributed by atoms with Gasteiger partial charge in [-0.15, -0.1) is 0 Å². The van der Waals surface area contributed by atoms with Crippen molar-refractivity contribution in [2.45, 2.75) is 19.8 Å². The van der Waals surface area contributed by atoms with E-state index in [1.807, 2.05) is 42.5 Å². The molecule has 30 heavy (non-hydrogen) atoms. The van der Waals surface area contributed by atoms with Gasteiger partial charge in [0.05, 0.1) is 29.6 Å². The zero-order valence-electron chi connectivity index (χ0n) is 17.4. The lowest BCUT2D eigenvalue weighted by Gasteiger charge is -2.28. The molecule has 2 amide bonds. The van der Waals surface area contributed by atoms with Crippen LogP contribution in [0.15, 0.2) is 47.1 Å². The maximum Gasteiger partial charge on any atom is 0.255 e. The molecule has 0 fully saturated rings. The van der Waals surface area contributed by atoms with Gasteiger partial charge in [-0.05, 0) is 54.2 Å². The molecule has 1 aliphatic rings. The minimum Gasteiger partial charge on any atom is -0.465 e. The van der Waals surface area contributed by atoms with E-state index in [9.17, 15) is 9.59 Å². The van der Waals surface area contributed by atoms with Crippen LogP contribution < -0.4 is 5.32 Å². The normalized spacial score (nSPS) is 17.0. The first-order valence-electron chi connectivity index (χ1n) is 10.1. The number of hydrogen-bond acceptors (Lipinski definition) is 4. The van der Waals surface area contributed by atoms with E-state index in [0.717, 1.165) is 46.3 Å². The molecule has 2 aromatic heterocycles. The molecule has 0 radical (unpaired) electrons. The maximum atomic E-state index is 13.5. The van der Waals surface area contributed by atoms with E-state index in [2.05, 4.69) is 12.2 Å². The fourth-order valence-electron chi connectivity index (χ4n) is 4.08. The zero-order chi connectivity index (χ0) is 21.3. The Kier molecular flexibility index (Phi) is 5.40. The third kappa shape index (κ3) is 3.73. The minimum atomic E-state index is -0.204. The van der Waals surface area contributed by atoms with Crippen molar-refractivity contribution in [3.05, 3.63) is 65.2 Å². The van der Waals surface area contributed by atoms with Gasteiger partial charge < -0.3 is 14.6 Å². The Morgan fingerprint density at radius 2 is 2.03 bits per heavy atom. The van der Waals surface area contributed by atoms with E-state index in [-0.39, 0.29) is 18.4 Å². The summed E-state index contributed by atoms with van der Waals surface area (Å²) in [4.78, 5) is 31.7. The fraction of sp³-hybridized carbons (Fsp3) is 0.292. The van der Waals surface area contributed by atoms with Crippen molar-refractivity contribution in [2.24, 2.45) is 5.92 Å². The van der Waals surface area contributed by atoms with Gasteiger partial charge in [0.2, 0.25) is 5.91 Å². The summed E-state index contributed by atoms with van der Waals surface area (Å²) in [7, 11) is 3.22. The van der Waals surface area contributed by atoms with Crippen LogP contribution in [0.3, 0.4) is 0 Å². The molecule has 0 unspecified atom stereocenters. The van der Waals surface area contributed by atoms with Crippen molar-refractivity contribution < 1.29 is 14.0 Å². The summed E-state index contributed by atoms with van der Waals surface area (Å²) in [5.74, 6) is 0.756. The van der Waals surface area contributed by atoms with Crippen molar-refractivity contribution in [1.29, 1.82) is 0 Å². The molecule has 1 N–H and O–H groups in total. The van der Waals surface area contributed by atoms with Crippen molar-refractivity contribution in [2.75, 3.05) is 20.6 Å². The Bertz CT molecular complexity index is 1130. The number of carbonyl (C=O) groups is 2. The number of hydrogen-bond donors (Lipinski definition) is 1. The van der Waals surface area contributed by atoms with Crippen LogP contribution in [0.1, 0.15) is 40.7 Å². The van der Waals surface area contributed by atoms with Gasteiger partial charge in [-0.25, -0.2) is 4.98 Å². The van der Waals surface area contributed by atoms with Crippen LogP contribution in [0.4, 0.5) is 0 Å². The van der Waals surface area contributed by atoms with Gasteiger partial charge in [0.25, 0.3) is 5.91 Å². The van der Waals surface area contributed by atoms with Gasteiger partial charge in [0.15, 0.2) is 0 Å². The predicted molar refractivity (Wildman–Crippen MR) is 117 cm³/mol. The molecule has 0 aliphatic heterocycles. The van der Waals surface area contributed by atoms with Crippen molar-refractivity contribution in [1.82, 2.24) is 15.2 Å². The van der Waals surface area contributed by atoms with Crippen LogP contribution in [0.25, 0.3) is 22.6 Å². The molecule has 0 saturated carbocycles. The van der Waals surface area contributed by atoms with E-state index in [1.165, 1.54) is 4.90 Å².